The molecule has 0 heterocycles. The van der Waals surface area contributed by atoms with Crippen molar-refractivity contribution in [3.05, 3.63) is 0 Å². The van der Waals surface area contributed by atoms with Crippen LogP contribution in [-0.4, -0.2) is 14.0 Å². The Bertz CT molecular complexity index is 160. The third-order valence-electron chi connectivity index (χ3n) is 0. The molecule has 0 fully saturated rings. The van der Waals surface area contributed by atoms with Gasteiger partial charge in [0.1, 0.15) is 0 Å². The summed E-state index contributed by atoms with van der Waals surface area (Å²) in [6.45, 7) is 4.90. The molecule has 0 radical (unpaired) electrons. The molecular formula is C5H13Cl2KO3S. The van der Waals surface area contributed by atoms with E-state index in [9.17, 15) is 5.11 Å². The van der Waals surface area contributed by atoms with Crippen LogP contribution in [0.25, 0.3) is 0 Å². The van der Waals surface area contributed by atoms with Crippen molar-refractivity contribution in [3.63, 3.8) is 0 Å². The minimum absolute atomic E-state index is 0. The number of hydrogen-bond acceptors (Lipinski definition) is 3. The Labute approximate surface area is 126 Å². The molecule has 12 heavy (non-hydrogen) atoms. The third-order valence-corrected chi connectivity index (χ3v) is 0. The molecule has 0 aromatic rings. The van der Waals surface area contributed by atoms with Crippen molar-refractivity contribution in [2.75, 3.05) is 0 Å². The summed E-state index contributed by atoms with van der Waals surface area (Å²) in [7, 11) is 4.81. The number of rotatable bonds is 0. The predicted octanol–water partition coefficient (Wildman–Crippen LogP) is -1.51. The van der Waals surface area contributed by atoms with E-state index >= 15 is 0 Å². The number of hydrogen-bond donors (Lipinski definition) is 0. The minimum atomic E-state index is -3.72. The monoisotopic (exact) mass is 262 g/mol. The summed E-state index contributed by atoms with van der Waals surface area (Å²) in [6.07, 6.45) is 0. The zero-order chi connectivity index (χ0) is 9.00. The van der Waals surface area contributed by atoms with Crippen LogP contribution >= 0.6 is 21.4 Å². The predicted molar refractivity (Wildman–Crippen MR) is 47.1 cm³/mol. The Morgan fingerprint density at radius 3 is 1.17 bits per heavy atom. The Morgan fingerprint density at radius 2 is 1.17 bits per heavy atom. The van der Waals surface area contributed by atoms with Crippen molar-refractivity contribution >= 4 is 29.6 Å². The summed E-state index contributed by atoms with van der Waals surface area (Å²) in [4.78, 5) is 0. The second-order valence-corrected chi connectivity index (χ2v) is 6.16. The average molecular weight is 263 g/mol. The maximum atomic E-state index is 10.1. The van der Waals surface area contributed by atoms with E-state index in [4.69, 9.17) is 8.42 Å². The quantitative estimate of drug-likeness (QED) is 0.394. The Kier molecular flexibility index (Phi) is 19.1. The molecule has 0 rings (SSSR count). The second kappa shape index (κ2) is 9.67. The van der Waals surface area contributed by atoms with E-state index in [1.807, 2.05) is 0 Å². The molecule has 0 aliphatic rings. The third kappa shape index (κ3) is 332. The first-order chi connectivity index (χ1) is 4.00. The van der Waals surface area contributed by atoms with Crippen molar-refractivity contribution in [2.45, 2.75) is 33.8 Å². The van der Waals surface area contributed by atoms with Gasteiger partial charge in [-0.05, 0) is 0 Å². The van der Waals surface area contributed by atoms with Gasteiger partial charge in [0.15, 0.2) is 0 Å². The fraction of sp³-hybridized carbons (Fsp3) is 1.00. The molecule has 0 N–H and O–H groups in total. The van der Waals surface area contributed by atoms with Gasteiger partial charge in [0, 0.05) is 21.4 Å². The van der Waals surface area contributed by atoms with E-state index in [1.165, 1.54) is 0 Å². The van der Waals surface area contributed by atoms with Crippen molar-refractivity contribution < 1.29 is 64.9 Å². The van der Waals surface area contributed by atoms with Crippen molar-refractivity contribution in [3.8, 4) is 0 Å². The molecule has 0 aromatic carbocycles. The second-order valence-electron chi connectivity index (χ2n) is 2.49. The van der Waals surface area contributed by atoms with Crippen molar-refractivity contribution in [1.82, 2.24) is 0 Å². The fourth-order valence-electron chi connectivity index (χ4n) is 0. The van der Waals surface area contributed by atoms with Crippen LogP contribution in [0, 0.1) is 0 Å². The van der Waals surface area contributed by atoms with Crippen LogP contribution in [0.1, 0.15) is 28.2 Å². The molecule has 3 nitrogen and oxygen atoms in total. The molecule has 0 saturated heterocycles. The summed E-state index contributed by atoms with van der Waals surface area (Å²) >= 11 is 0. The van der Waals surface area contributed by atoms with Crippen molar-refractivity contribution in [1.29, 1.82) is 0 Å². The molecule has 0 atom stereocenters. The van der Waals surface area contributed by atoms with Gasteiger partial charge in [-0.2, -0.15) is 8.42 Å². The Morgan fingerprint density at radius 1 is 1.17 bits per heavy atom. The van der Waals surface area contributed by atoms with E-state index in [-0.39, 0.29) is 58.8 Å². The van der Waals surface area contributed by atoms with E-state index in [0.717, 1.165) is 0 Å². The summed E-state index contributed by atoms with van der Waals surface area (Å²) < 4.78 is 18.3. The van der Waals surface area contributed by atoms with Crippen LogP contribution in [0.4, 0.5) is 0 Å². The standard InChI is InChI=1S/C4H9O.CH4.Cl2O2S.K/c1-4(2,3)5;;1-5(2,3)4;/h1-3H3;1H4;;/q-1;;;+1. The molecule has 0 amide bonds. The van der Waals surface area contributed by atoms with Gasteiger partial charge < -0.3 is 5.11 Å². The first kappa shape index (κ1) is 23.7. The molecule has 0 saturated carbocycles. The smallest absolute Gasteiger partial charge is 0.850 e. The molecule has 0 spiro atoms. The molecule has 0 aliphatic carbocycles. The summed E-state index contributed by atoms with van der Waals surface area (Å²) in [5, 5.41) is 10.1. The molecule has 0 bridgehead atoms. The van der Waals surface area contributed by atoms with Crippen LogP contribution in [0.15, 0.2) is 0 Å². The van der Waals surface area contributed by atoms with E-state index in [0.29, 0.717) is 0 Å². The molecule has 0 aliphatic heterocycles. The zero-order valence-electron chi connectivity index (χ0n) is 6.89. The Hall–Kier alpha value is 2.13. The summed E-state index contributed by atoms with van der Waals surface area (Å²) in [5.41, 5.74) is -0.750. The zero-order valence-corrected chi connectivity index (χ0v) is 12.3. The average Bonchev–Trinajstić information content (AvgIpc) is 1.12. The van der Waals surface area contributed by atoms with Crippen LogP contribution in [0.5, 0.6) is 0 Å². The van der Waals surface area contributed by atoms with Gasteiger partial charge in [-0.3, -0.25) is 0 Å². The van der Waals surface area contributed by atoms with Crippen LogP contribution < -0.4 is 56.5 Å². The summed E-state index contributed by atoms with van der Waals surface area (Å²) in [6, 6.07) is 0. The van der Waals surface area contributed by atoms with E-state index < -0.39 is 13.9 Å². The molecule has 72 valence electrons. The van der Waals surface area contributed by atoms with Crippen molar-refractivity contribution in [2.24, 2.45) is 0 Å². The molecule has 0 unspecified atom stereocenters. The largest absolute Gasteiger partial charge is 1.00 e. The van der Waals surface area contributed by atoms with Crippen LogP contribution in [0.3, 0.4) is 0 Å². The van der Waals surface area contributed by atoms with Gasteiger partial charge in [-0.1, -0.05) is 28.2 Å². The van der Waals surface area contributed by atoms with Gasteiger partial charge in [-0.15, -0.1) is 5.60 Å². The van der Waals surface area contributed by atoms with Crippen LogP contribution in [-0.2, 0) is 8.26 Å². The first-order valence-corrected chi connectivity index (χ1v) is 5.48. The van der Waals surface area contributed by atoms with Gasteiger partial charge >= 0.3 is 59.6 Å². The van der Waals surface area contributed by atoms with Gasteiger partial charge in [-0.25, -0.2) is 0 Å². The fourth-order valence-corrected chi connectivity index (χ4v) is 0. The SMILES string of the molecule is C.CC(C)(C)[O-].O=S(=O)(Cl)Cl.[K+]. The first-order valence-electron chi connectivity index (χ1n) is 2.35. The molecule has 7 heteroatoms. The maximum Gasteiger partial charge on any atom is 1.00 e. The van der Waals surface area contributed by atoms with Gasteiger partial charge in [0.05, 0.1) is 0 Å². The topological polar surface area (TPSA) is 57.2 Å². The minimum Gasteiger partial charge on any atom is -0.850 e. The molecular weight excluding hydrogens is 250 g/mol. The van der Waals surface area contributed by atoms with Crippen LogP contribution in [0.2, 0.25) is 0 Å². The maximum absolute atomic E-state index is 10.1. The normalized spacial score (nSPS) is 9.83. The van der Waals surface area contributed by atoms with Gasteiger partial charge in [0.25, 0.3) is 0 Å². The van der Waals surface area contributed by atoms with E-state index in [2.05, 4.69) is 21.4 Å². The van der Waals surface area contributed by atoms with E-state index in [1.54, 1.807) is 20.8 Å². The van der Waals surface area contributed by atoms with Gasteiger partial charge in [0.2, 0.25) is 0 Å². The molecule has 0 aromatic heterocycles. The summed E-state index contributed by atoms with van der Waals surface area (Å²) in [5.74, 6) is 0. The number of halogens is 2. The Balaban J connectivity index is -0.0000000457.